The van der Waals surface area contributed by atoms with Crippen molar-refractivity contribution in [1.29, 1.82) is 0 Å². The predicted octanol–water partition coefficient (Wildman–Crippen LogP) is 1.81. The first-order chi connectivity index (χ1) is 10.7. The molecule has 0 bridgehead atoms. The van der Waals surface area contributed by atoms with Gasteiger partial charge < -0.3 is 15.4 Å². The number of hydrogen-bond donors (Lipinski definition) is 2. The number of methoxy groups -OCH3 is 1. The number of anilines is 2. The highest BCUT2D eigenvalue weighted by atomic mass is 35.5. The molecular weight excluding hydrogens is 327 g/mol. The first kappa shape index (κ1) is 15.5. The smallest absolute Gasteiger partial charge is 0.272 e. The van der Waals surface area contributed by atoms with E-state index in [4.69, 9.17) is 16.3 Å². The number of amides is 1. The lowest BCUT2D eigenvalue weighted by molar-refractivity contribution is 0.0940. The van der Waals surface area contributed by atoms with Crippen LogP contribution < -0.4 is 26.2 Å². The van der Waals surface area contributed by atoms with E-state index in [-0.39, 0.29) is 27.7 Å². The Morgan fingerprint density at radius 1 is 1.22 bits per heavy atom. The lowest BCUT2D eigenvalue weighted by Crippen LogP contribution is -2.34. The van der Waals surface area contributed by atoms with E-state index >= 15 is 0 Å². The van der Waals surface area contributed by atoms with E-state index in [2.05, 4.69) is 10.6 Å². The number of carbonyl (C=O) groups is 1. The van der Waals surface area contributed by atoms with Crippen molar-refractivity contribution in [1.82, 2.24) is 5.32 Å². The Bertz CT molecular complexity index is 929. The Labute approximate surface area is 134 Å². The molecule has 3 rings (SSSR count). The van der Waals surface area contributed by atoms with Gasteiger partial charge in [0.1, 0.15) is 11.5 Å². The van der Waals surface area contributed by atoms with E-state index in [1.807, 2.05) is 0 Å². The summed E-state index contributed by atoms with van der Waals surface area (Å²) in [6, 6.07) is 1.06. The number of benzene rings is 1. The summed E-state index contributed by atoms with van der Waals surface area (Å²) in [5.74, 6) is -1.53. The normalized spacial score (nSPS) is 15.4. The molecule has 1 amide bonds. The zero-order valence-corrected chi connectivity index (χ0v) is 13.2. The van der Waals surface area contributed by atoms with Gasteiger partial charge in [-0.05, 0) is 19.9 Å². The summed E-state index contributed by atoms with van der Waals surface area (Å²) < 4.78 is 19.1. The van der Waals surface area contributed by atoms with Crippen molar-refractivity contribution < 1.29 is 13.9 Å². The number of fused-ring (bicyclic) bond motifs is 1. The average molecular weight is 339 g/mol. The maximum Gasteiger partial charge on any atom is 0.272 e. The van der Waals surface area contributed by atoms with E-state index in [9.17, 15) is 18.8 Å². The molecule has 0 radical (unpaired) electrons. The molecule has 0 fully saturated rings. The van der Waals surface area contributed by atoms with Crippen LogP contribution in [0, 0.1) is 5.82 Å². The molecule has 0 aromatic heterocycles. The fourth-order valence-electron chi connectivity index (χ4n) is 2.79. The molecular formula is C15H12ClFN2O4. The van der Waals surface area contributed by atoms with Crippen LogP contribution in [-0.2, 0) is 5.54 Å². The highest BCUT2D eigenvalue weighted by molar-refractivity contribution is 6.32. The molecule has 2 N–H and O–H groups in total. The van der Waals surface area contributed by atoms with Gasteiger partial charge in [-0.3, -0.25) is 14.4 Å². The second-order valence-corrected chi connectivity index (χ2v) is 6.14. The number of carbonyl (C=O) groups excluding carboxylic acids is 1. The van der Waals surface area contributed by atoms with E-state index in [1.165, 1.54) is 7.11 Å². The van der Waals surface area contributed by atoms with E-state index in [0.29, 0.717) is 5.56 Å². The monoisotopic (exact) mass is 338 g/mol. The van der Waals surface area contributed by atoms with Crippen LogP contribution in [0.15, 0.2) is 15.7 Å². The third-order valence-electron chi connectivity index (χ3n) is 3.83. The molecule has 0 atom stereocenters. The fraction of sp³-hybridized carbons (Fsp3) is 0.267. The van der Waals surface area contributed by atoms with Crippen LogP contribution in [0.4, 0.5) is 15.8 Å². The van der Waals surface area contributed by atoms with Gasteiger partial charge in [-0.25, -0.2) is 4.39 Å². The van der Waals surface area contributed by atoms with Gasteiger partial charge in [0.15, 0.2) is 5.75 Å². The van der Waals surface area contributed by atoms with Gasteiger partial charge in [0, 0.05) is 10.6 Å². The summed E-state index contributed by atoms with van der Waals surface area (Å²) in [7, 11) is 1.22. The van der Waals surface area contributed by atoms with Crippen molar-refractivity contribution in [2.24, 2.45) is 0 Å². The summed E-state index contributed by atoms with van der Waals surface area (Å²) in [5, 5.41) is 5.31. The fourth-order valence-corrected chi connectivity index (χ4v) is 3.22. The third-order valence-corrected chi connectivity index (χ3v) is 4.13. The van der Waals surface area contributed by atoms with Crippen LogP contribution >= 0.6 is 11.6 Å². The van der Waals surface area contributed by atoms with E-state index in [1.54, 1.807) is 13.8 Å². The minimum absolute atomic E-state index is 0.00935. The summed E-state index contributed by atoms with van der Waals surface area (Å²) in [6.45, 7) is 3.45. The Balaban J connectivity index is 2.21. The molecule has 2 aromatic rings. The van der Waals surface area contributed by atoms with Crippen LogP contribution in [0.3, 0.4) is 0 Å². The Morgan fingerprint density at radius 2 is 1.87 bits per heavy atom. The quantitative estimate of drug-likeness (QED) is 0.834. The highest BCUT2D eigenvalue weighted by Gasteiger charge is 2.40. The van der Waals surface area contributed by atoms with Gasteiger partial charge in [-0.2, -0.15) is 0 Å². The Hall–Kier alpha value is -2.41. The average Bonchev–Trinajstić information content (AvgIpc) is 2.71. The Kier molecular flexibility index (Phi) is 3.23. The van der Waals surface area contributed by atoms with Crippen molar-refractivity contribution in [2.45, 2.75) is 19.4 Å². The molecule has 0 saturated carbocycles. The van der Waals surface area contributed by atoms with Crippen molar-refractivity contribution in [2.75, 3.05) is 12.4 Å². The molecule has 2 aromatic carbocycles. The number of hydrogen-bond acceptors (Lipinski definition) is 5. The van der Waals surface area contributed by atoms with Crippen molar-refractivity contribution in [3.8, 4) is 5.75 Å². The van der Waals surface area contributed by atoms with Crippen LogP contribution in [0.25, 0.3) is 0 Å². The number of rotatable bonds is 3. The molecule has 1 heterocycles. The van der Waals surface area contributed by atoms with Gasteiger partial charge in [-0.15, -0.1) is 0 Å². The van der Waals surface area contributed by atoms with Crippen molar-refractivity contribution in [3.05, 3.63) is 48.5 Å². The molecule has 0 spiro atoms. The summed E-state index contributed by atoms with van der Waals surface area (Å²) >= 11 is 6.07. The summed E-state index contributed by atoms with van der Waals surface area (Å²) in [6.07, 6.45) is 0. The van der Waals surface area contributed by atoms with Gasteiger partial charge in [0.05, 0.1) is 23.9 Å². The second kappa shape index (κ2) is 4.79. The van der Waals surface area contributed by atoms with Crippen LogP contribution in [0.2, 0.25) is 5.02 Å². The zero-order valence-electron chi connectivity index (χ0n) is 12.5. The predicted molar refractivity (Wildman–Crippen MR) is 83.1 cm³/mol. The minimum atomic E-state index is -0.831. The number of halogens is 2. The largest absolute Gasteiger partial charge is 0.491 e. The van der Waals surface area contributed by atoms with Crippen LogP contribution in [-0.4, -0.2) is 13.0 Å². The second-order valence-electron chi connectivity index (χ2n) is 5.74. The van der Waals surface area contributed by atoms with Gasteiger partial charge in [0.25, 0.3) is 16.8 Å². The minimum Gasteiger partial charge on any atom is -0.491 e. The van der Waals surface area contributed by atoms with Gasteiger partial charge in [-0.1, -0.05) is 11.6 Å². The lowest BCUT2D eigenvalue weighted by Gasteiger charge is -2.21. The first-order valence-corrected chi connectivity index (χ1v) is 7.06. The highest BCUT2D eigenvalue weighted by Crippen LogP contribution is 2.42. The van der Waals surface area contributed by atoms with Crippen molar-refractivity contribution >= 4 is 28.9 Å². The molecule has 1 aliphatic heterocycles. The van der Waals surface area contributed by atoms with Gasteiger partial charge >= 0.3 is 0 Å². The SMILES string of the molecule is COc1c(Nc2c(F)cc(Cl)c3c2C(=O)NC3(C)C)c(=O)c1=O. The maximum absolute atomic E-state index is 14.3. The number of nitrogens with one attached hydrogen (secondary N) is 2. The Morgan fingerprint density at radius 3 is 2.48 bits per heavy atom. The lowest BCUT2D eigenvalue weighted by atomic mass is 9.93. The molecule has 23 heavy (non-hydrogen) atoms. The molecule has 1 aliphatic rings. The standard InChI is InChI=1S/C15H12ClFN2O4/c1-15(2)8-5(16)4-6(17)9(7(8)14(22)19-15)18-10-11(20)12(21)13(10)23-3/h4,18H,1-3H3,(H,19,22). The first-order valence-electron chi connectivity index (χ1n) is 6.68. The zero-order chi connectivity index (χ0) is 17.1. The molecule has 8 heteroatoms. The third kappa shape index (κ3) is 2.03. The topological polar surface area (TPSA) is 84.5 Å². The summed E-state index contributed by atoms with van der Waals surface area (Å²) in [5.41, 5.74) is -2.38. The van der Waals surface area contributed by atoms with E-state index in [0.717, 1.165) is 6.07 Å². The van der Waals surface area contributed by atoms with Crippen LogP contribution in [0.5, 0.6) is 5.75 Å². The van der Waals surface area contributed by atoms with Crippen LogP contribution in [0.1, 0.15) is 29.8 Å². The number of ether oxygens (including phenoxy) is 1. The molecule has 0 aliphatic carbocycles. The van der Waals surface area contributed by atoms with E-state index < -0.39 is 28.1 Å². The summed E-state index contributed by atoms with van der Waals surface area (Å²) in [4.78, 5) is 35.2. The molecule has 0 unspecified atom stereocenters. The van der Waals surface area contributed by atoms with Crippen molar-refractivity contribution in [3.63, 3.8) is 0 Å². The molecule has 120 valence electrons. The van der Waals surface area contributed by atoms with Gasteiger partial charge in [0.2, 0.25) is 0 Å². The maximum atomic E-state index is 14.3. The molecule has 0 saturated heterocycles. The molecule has 6 nitrogen and oxygen atoms in total.